The zero-order valence-electron chi connectivity index (χ0n) is 15.6. The number of thiazole rings is 1. The van der Waals surface area contributed by atoms with E-state index in [1.165, 1.54) is 16.9 Å². The standard InChI is InChI=1S/C21H19N3O3S/c1-3-14-5-7-15(8-6-14)17-11-20(27-24-17)23-19(25)10-16-12-28-21(22-16)18-9-4-13(2)26-18/h4-9,11-12H,3,10H2,1-2H3,(H,23,25). The predicted molar refractivity (Wildman–Crippen MR) is 108 cm³/mol. The largest absolute Gasteiger partial charge is 0.459 e. The van der Waals surface area contributed by atoms with Gasteiger partial charge in [0.25, 0.3) is 0 Å². The summed E-state index contributed by atoms with van der Waals surface area (Å²) in [6, 6.07) is 13.6. The number of nitrogens with one attached hydrogen (secondary N) is 1. The fourth-order valence-corrected chi connectivity index (χ4v) is 3.56. The summed E-state index contributed by atoms with van der Waals surface area (Å²) in [4.78, 5) is 16.8. The number of hydrogen-bond donors (Lipinski definition) is 1. The monoisotopic (exact) mass is 393 g/mol. The Bertz CT molecular complexity index is 1090. The van der Waals surface area contributed by atoms with Gasteiger partial charge in [-0.25, -0.2) is 4.98 Å². The molecule has 0 radical (unpaired) electrons. The summed E-state index contributed by atoms with van der Waals surface area (Å²) in [5.41, 5.74) is 3.57. The molecule has 28 heavy (non-hydrogen) atoms. The zero-order valence-corrected chi connectivity index (χ0v) is 16.4. The molecule has 0 saturated heterocycles. The second-order valence-corrected chi connectivity index (χ2v) is 7.26. The molecular weight excluding hydrogens is 374 g/mol. The van der Waals surface area contributed by atoms with Crippen molar-refractivity contribution in [2.75, 3.05) is 5.32 Å². The fraction of sp³-hybridized carbons (Fsp3) is 0.190. The molecular formula is C21H19N3O3S. The van der Waals surface area contributed by atoms with Gasteiger partial charge in [-0.3, -0.25) is 10.1 Å². The Morgan fingerprint density at radius 3 is 2.71 bits per heavy atom. The molecule has 0 spiro atoms. The maximum absolute atomic E-state index is 12.3. The molecule has 0 saturated carbocycles. The van der Waals surface area contributed by atoms with Gasteiger partial charge in [-0.1, -0.05) is 36.3 Å². The lowest BCUT2D eigenvalue weighted by atomic mass is 10.1. The highest BCUT2D eigenvalue weighted by atomic mass is 32.1. The molecule has 3 aromatic heterocycles. The van der Waals surface area contributed by atoms with E-state index in [9.17, 15) is 4.79 Å². The maximum Gasteiger partial charge on any atom is 0.232 e. The number of benzene rings is 1. The highest BCUT2D eigenvalue weighted by Crippen LogP contribution is 2.26. The molecule has 0 bridgehead atoms. The van der Waals surface area contributed by atoms with Gasteiger partial charge in [-0.15, -0.1) is 11.3 Å². The topological polar surface area (TPSA) is 81.2 Å². The molecule has 142 valence electrons. The molecule has 4 aromatic rings. The Morgan fingerprint density at radius 2 is 2.00 bits per heavy atom. The Kier molecular flexibility index (Phi) is 5.08. The van der Waals surface area contributed by atoms with Gasteiger partial charge >= 0.3 is 0 Å². The van der Waals surface area contributed by atoms with Crippen molar-refractivity contribution in [1.29, 1.82) is 0 Å². The molecule has 0 atom stereocenters. The lowest BCUT2D eigenvalue weighted by molar-refractivity contribution is -0.115. The van der Waals surface area contributed by atoms with Gasteiger partial charge in [0, 0.05) is 17.0 Å². The lowest BCUT2D eigenvalue weighted by Gasteiger charge is -1.98. The highest BCUT2D eigenvalue weighted by molar-refractivity contribution is 7.13. The van der Waals surface area contributed by atoms with Crippen molar-refractivity contribution < 1.29 is 13.7 Å². The second-order valence-electron chi connectivity index (χ2n) is 6.41. The van der Waals surface area contributed by atoms with Crippen LogP contribution in [-0.2, 0) is 17.6 Å². The van der Waals surface area contributed by atoms with Crippen LogP contribution in [0.15, 0.2) is 56.8 Å². The summed E-state index contributed by atoms with van der Waals surface area (Å²) in [6.07, 6.45) is 1.13. The molecule has 0 fully saturated rings. The van der Waals surface area contributed by atoms with Gasteiger partial charge in [0.1, 0.15) is 11.5 Å². The van der Waals surface area contributed by atoms with Crippen LogP contribution in [0.4, 0.5) is 5.88 Å². The van der Waals surface area contributed by atoms with E-state index in [-0.39, 0.29) is 12.3 Å². The fourth-order valence-electron chi connectivity index (χ4n) is 2.78. The molecule has 0 unspecified atom stereocenters. The quantitative estimate of drug-likeness (QED) is 0.492. The smallest absolute Gasteiger partial charge is 0.232 e. The Labute approximate surface area is 166 Å². The number of amides is 1. The minimum absolute atomic E-state index is 0.150. The molecule has 3 heterocycles. The number of rotatable bonds is 6. The third-order valence-corrected chi connectivity index (χ3v) is 5.18. The van der Waals surface area contributed by atoms with Crippen molar-refractivity contribution in [1.82, 2.24) is 10.1 Å². The van der Waals surface area contributed by atoms with Crippen LogP contribution in [0, 0.1) is 6.92 Å². The van der Waals surface area contributed by atoms with Crippen LogP contribution in [0.1, 0.15) is 23.9 Å². The number of anilines is 1. The predicted octanol–water partition coefficient (Wildman–Crippen LogP) is 5.11. The van der Waals surface area contributed by atoms with E-state index in [2.05, 4.69) is 34.5 Å². The normalized spacial score (nSPS) is 10.9. The third kappa shape index (κ3) is 4.04. The van der Waals surface area contributed by atoms with Crippen molar-refractivity contribution >= 4 is 23.1 Å². The van der Waals surface area contributed by atoms with Crippen molar-refractivity contribution in [3.63, 3.8) is 0 Å². The average molecular weight is 393 g/mol. The second kappa shape index (κ2) is 7.82. The Morgan fingerprint density at radius 1 is 1.18 bits per heavy atom. The maximum atomic E-state index is 12.3. The van der Waals surface area contributed by atoms with Gasteiger partial charge in [0.2, 0.25) is 11.8 Å². The lowest BCUT2D eigenvalue weighted by Crippen LogP contribution is -2.14. The number of carbonyl (C=O) groups is 1. The average Bonchev–Trinajstić information content (AvgIpc) is 3.43. The molecule has 1 N–H and O–H groups in total. The summed E-state index contributed by atoms with van der Waals surface area (Å²) < 4.78 is 10.8. The SMILES string of the molecule is CCc1ccc(-c2cc(NC(=O)Cc3csc(-c4ccc(C)o4)n3)on2)cc1. The molecule has 0 aliphatic rings. The Balaban J connectivity index is 1.39. The summed E-state index contributed by atoms with van der Waals surface area (Å²) in [5.74, 6) is 1.64. The molecule has 6 nitrogen and oxygen atoms in total. The third-order valence-electron chi connectivity index (χ3n) is 4.28. The van der Waals surface area contributed by atoms with Crippen LogP contribution in [0.3, 0.4) is 0 Å². The van der Waals surface area contributed by atoms with E-state index >= 15 is 0 Å². The van der Waals surface area contributed by atoms with Crippen LogP contribution < -0.4 is 5.32 Å². The van der Waals surface area contributed by atoms with Crippen molar-refractivity contribution in [2.24, 2.45) is 0 Å². The van der Waals surface area contributed by atoms with Crippen molar-refractivity contribution in [2.45, 2.75) is 26.7 Å². The molecule has 0 aliphatic heterocycles. The van der Waals surface area contributed by atoms with Gasteiger partial charge < -0.3 is 8.94 Å². The van der Waals surface area contributed by atoms with Crippen molar-refractivity contribution in [3.05, 3.63) is 64.9 Å². The highest BCUT2D eigenvalue weighted by Gasteiger charge is 2.14. The summed E-state index contributed by atoms with van der Waals surface area (Å²) >= 11 is 1.45. The molecule has 1 amide bonds. The van der Waals surface area contributed by atoms with E-state index in [0.29, 0.717) is 23.0 Å². The first kappa shape index (κ1) is 18.2. The summed E-state index contributed by atoms with van der Waals surface area (Å²) in [6.45, 7) is 4.00. The minimum Gasteiger partial charge on any atom is -0.459 e. The molecule has 4 rings (SSSR count). The van der Waals surface area contributed by atoms with E-state index in [4.69, 9.17) is 8.94 Å². The van der Waals surface area contributed by atoms with Crippen LogP contribution in [0.2, 0.25) is 0 Å². The van der Waals surface area contributed by atoms with Crippen LogP contribution >= 0.6 is 11.3 Å². The summed E-state index contributed by atoms with van der Waals surface area (Å²) in [5, 5.41) is 9.37. The number of carbonyl (C=O) groups excluding carboxylic acids is 1. The minimum atomic E-state index is -0.212. The van der Waals surface area contributed by atoms with E-state index in [0.717, 1.165) is 22.8 Å². The zero-order chi connectivity index (χ0) is 19.5. The van der Waals surface area contributed by atoms with Crippen LogP contribution in [-0.4, -0.2) is 16.0 Å². The van der Waals surface area contributed by atoms with E-state index in [1.54, 1.807) is 6.07 Å². The van der Waals surface area contributed by atoms with Gasteiger partial charge in [-0.05, 0) is 31.0 Å². The van der Waals surface area contributed by atoms with Gasteiger partial charge in [0.05, 0.1) is 12.1 Å². The Hall–Kier alpha value is -3.19. The van der Waals surface area contributed by atoms with Gasteiger partial charge in [-0.2, -0.15) is 0 Å². The first-order valence-electron chi connectivity index (χ1n) is 8.98. The van der Waals surface area contributed by atoms with Gasteiger partial charge in [0.15, 0.2) is 10.8 Å². The number of hydrogen-bond acceptors (Lipinski definition) is 6. The van der Waals surface area contributed by atoms with E-state index < -0.39 is 0 Å². The summed E-state index contributed by atoms with van der Waals surface area (Å²) in [7, 11) is 0. The molecule has 0 aliphatic carbocycles. The number of nitrogens with zero attached hydrogens (tertiary/aromatic N) is 2. The number of aromatic nitrogens is 2. The molecule has 1 aromatic carbocycles. The van der Waals surface area contributed by atoms with Crippen LogP contribution in [0.5, 0.6) is 0 Å². The first-order valence-corrected chi connectivity index (χ1v) is 9.86. The number of furan rings is 1. The number of aryl methyl sites for hydroxylation is 2. The first-order chi connectivity index (χ1) is 13.6. The van der Waals surface area contributed by atoms with Crippen molar-refractivity contribution in [3.8, 4) is 22.0 Å². The van der Waals surface area contributed by atoms with E-state index in [1.807, 2.05) is 36.6 Å². The van der Waals surface area contributed by atoms with Crippen LogP contribution in [0.25, 0.3) is 22.0 Å². The molecule has 7 heteroatoms.